The second kappa shape index (κ2) is 4.60. The third-order valence-corrected chi connectivity index (χ3v) is 2.32. The fourth-order valence-corrected chi connectivity index (χ4v) is 1.55. The van der Waals surface area contributed by atoms with Crippen molar-refractivity contribution >= 4 is 5.69 Å². The summed E-state index contributed by atoms with van der Waals surface area (Å²) >= 11 is 0. The molecule has 0 bridgehead atoms. The van der Waals surface area contributed by atoms with Gasteiger partial charge in [0.05, 0.1) is 0 Å². The van der Waals surface area contributed by atoms with Gasteiger partial charge in [0.1, 0.15) is 0 Å². The monoisotopic (exact) mass is 198 g/mol. The van der Waals surface area contributed by atoms with Crippen LogP contribution in [0.15, 0.2) is 60.6 Å². The third kappa shape index (κ3) is 2.34. The van der Waals surface area contributed by atoms with Gasteiger partial charge in [0, 0.05) is 30.8 Å². The van der Waals surface area contributed by atoms with Crippen LogP contribution in [-0.2, 0) is 0 Å². The Morgan fingerprint density at radius 2 is 2.13 bits per heavy atom. The number of pyridine rings is 1. The molecule has 0 atom stereocenters. The van der Waals surface area contributed by atoms with Crippen molar-refractivity contribution < 1.29 is 0 Å². The van der Waals surface area contributed by atoms with Crippen molar-refractivity contribution in [2.24, 2.45) is 0 Å². The smallest absolute Gasteiger partial charge is 0.0439 e. The van der Waals surface area contributed by atoms with E-state index in [1.807, 2.05) is 31.5 Å². The highest BCUT2D eigenvalue weighted by atomic mass is 15.1. The van der Waals surface area contributed by atoms with E-state index in [-0.39, 0.29) is 0 Å². The van der Waals surface area contributed by atoms with E-state index in [2.05, 4.69) is 40.4 Å². The summed E-state index contributed by atoms with van der Waals surface area (Å²) in [6.07, 6.45) is 14.2. The molecule has 1 aromatic heterocycles. The zero-order chi connectivity index (χ0) is 10.5. The number of hydrogen-bond donors (Lipinski definition) is 0. The molecular formula is C13H14N2. The van der Waals surface area contributed by atoms with Crippen molar-refractivity contribution in [2.75, 3.05) is 11.4 Å². The maximum absolute atomic E-state index is 4.01. The minimum atomic E-state index is 0.917. The lowest BCUT2D eigenvalue weighted by molar-refractivity contribution is 1.06. The lowest BCUT2D eigenvalue weighted by Crippen LogP contribution is -2.18. The number of rotatable bonds is 2. The van der Waals surface area contributed by atoms with Gasteiger partial charge in [0.15, 0.2) is 0 Å². The minimum absolute atomic E-state index is 0.917. The van der Waals surface area contributed by atoms with Crippen LogP contribution in [0.5, 0.6) is 0 Å². The van der Waals surface area contributed by atoms with Crippen LogP contribution < -0.4 is 4.90 Å². The molecule has 76 valence electrons. The molecule has 1 aromatic rings. The molecule has 2 heteroatoms. The predicted octanol–water partition coefficient (Wildman–Crippen LogP) is 2.92. The number of allylic oxidation sites excluding steroid dienone is 4. The average molecular weight is 198 g/mol. The van der Waals surface area contributed by atoms with E-state index < -0.39 is 0 Å². The summed E-state index contributed by atoms with van der Waals surface area (Å²) in [7, 11) is 0. The summed E-state index contributed by atoms with van der Waals surface area (Å²) in [5, 5.41) is 0. The molecule has 0 aliphatic carbocycles. The van der Waals surface area contributed by atoms with Crippen LogP contribution in [0, 0.1) is 0 Å². The van der Waals surface area contributed by atoms with Gasteiger partial charge in [0.2, 0.25) is 0 Å². The Bertz CT molecular complexity index is 402. The van der Waals surface area contributed by atoms with Crippen LogP contribution >= 0.6 is 0 Å². The van der Waals surface area contributed by atoms with Gasteiger partial charge in [-0.05, 0) is 30.7 Å². The Labute approximate surface area is 90.3 Å². The minimum Gasteiger partial charge on any atom is -0.344 e. The molecule has 0 unspecified atom stereocenters. The molecule has 0 aromatic carbocycles. The van der Waals surface area contributed by atoms with Gasteiger partial charge in [-0.25, -0.2) is 0 Å². The first-order valence-corrected chi connectivity index (χ1v) is 5.08. The second-order valence-corrected chi connectivity index (χ2v) is 3.38. The SMILES string of the molecule is CC=CC1=CCN(c2ccncc2)C=C1. The third-order valence-electron chi connectivity index (χ3n) is 2.32. The summed E-state index contributed by atoms with van der Waals surface area (Å²) in [4.78, 5) is 6.20. The zero-order valence-electron chi connectivity index (χ0n) is 8.80. The predicted molar refractivity (Wildman–Crippen MR) is 63.6 cm³/mol. The topological polar surface area (TPSA) is 16.1 Å². The quantitative estimate of drug-likeness (QED) is 0.726. The Morgan fingerprint density at radius 1 is 1.33 bits per heavy atom. The highest BCUT2D eigenvalue weighted by Gasteiger charge is 2.04. The molecule has 1 aliphatic heterocycles. The van der Waals surface area contributed by atoms with Gasteiger partial charge < -0.3 is 4.90 Å². The van der Waals surface area contributed by atoms with E-state index in [1.54, 1.807) is 0 Å². The van der Waals surface area contributed by atoms with Crippen molar-refractivity contribution in [1.82, 2.24) is 4.98 Å². The van der Waals surface area contributed by atoms with Crippen LogP contribution in [0.2, 0.25) is 0 Å². The zero-order valence-corrected chi connectivity index (χ0v) is 8.80. The van der Waals surface area contributed by atoms with Crippen molar-refractivity contribution in [2.45, 2.75) is 6.92 Å². The van der Waals surface area contributed by atoms with Gasteiger partial charge in [-0.3, -0.25) is 4.98 Å². The Hall–Kier alpha value is -1.83. The molecule has 15 heavy (non-hydrogen) atoms. The van der Waals surface area contributed by atoms with Crippen molar-refractivity contribution in [3.63, 3.8) is 0 Å². The molecule has 1 aliphatic rings. The molecule has 0 saturated carbocycles. The van der Waals surface area contributed by atoms with E-state index >= 15 is 0 Å². The largest absolute Gasteiger partial charge is 0.344 e. The molecule has 0 saturated heterocycles. The Balaban J connectivity index is 2.10. The van der Waals surface area contributed by atoms with Gasteiger partial charge >= 0.3 is 0 Å². The van der Waals surface area contributed by atoms with Crippen molar-refractivity contribution in [3.05, 3.63) is 60.6 Å². The first-order chi connectivity index (χ1) is 7.40. The number of aromatic nitrogens is 1. The summed E-state index contributed by atoms with van der Waals surface area (Å²) in [6, 6.07) is 4.03. The maximum atomic E-state index is 4.01. The lowest BCUT2D eigenvalue weighted by Gasteiger charge is -2.21. The van der Waals surface area contributed by atoms with E-state index in [9.17, 15) is 0 Å². The van der Waals surface area contributed by atoms with Gasteiger partial charge in [0.25, 0.3) is 0 Å². The summed E-state index contributed by atoms with van der Waals surface area (Å²) < 4.78 is 0. The Kier molecular flexibility index (Phi) is 2.98. The number of hydrogen-bond acceptors (Lipinski definition) is 2. The first-order valence-electron chi connectivity index (χ1n) is 5.08. The molecule has 0 radical (unpaired) electrons. The normalized spacial score (nSPS) is 15.8. The van der Waals surface area contributed by atoms with Crippen LogP contribution in [0.25, 0.3) is 0 Å². The molecule has 0 N–H and O–H groups in total. The van der Waals surface area contributed by atoms with Gasteiger partial charge in [-0.2, -0.15) is 0 Å². The fourth-order valence-electron chi connectivity index (χ4n) is 1.55. The highest BCUT2D eigenvalue weighted by Crippen LogP contribution is 2.17. The van der Waals surface area contributed by atoms with Crippen LogP contribution in [0.1, 0.15) is 6.92 Å². The van der Waals surface area contributed by atoms with Crippen LogP contribution in [0.3, 0.4) is 0 Å². The van der Waals surface area contributed by atoms with Gasteiger partial charge in [-0.15, -0.1) is 0 Å². The van der Waals surface area contributed by atoms with E-state index in [4.69, 9.17) is 0 Å². The number of anilines is 1. The molecule has 2 rings (SSSR count). The standard InChI is InChI=1S/C13H14N2/c1-2-3-12-6-10-15(11-7-12)13-4-8-14-9-5-13/h2-10H,11H2,1H3. The van der Waals surface area contributed by atoms with E-state index in [0.717, 1.165) is 6.54 Å². The average Bonchev–Trinajstić information content (AvgIpc) is 2.32. The second-order valence-electron chi connectivity index (χ2n) is 3.38. The summed E-state index contributed by atoms with van der Waals surface area (Å²) in [5.74, 6) is 0. The molecule has 0 amide bonds. The molecule has 0 spiro atoms. The molecule has 0 fully saturated rings. The van der Waals surface area contributed by atoms with Crippen LogP contribution in [-0.4, -0.2) is 11.5 Å². The van der Waals surface area contributed by atoms with Crippen molar-refractivity contribution in [3.8, 4) is 0 Å². The lowest BCUT2D eigenvalue weighted by atomic mass is 10.1. The van der Waals surface area contributed by atoms with E-state index in [0.29, 0.717) is 0 Å². The Morgan fingerprint density at radius 3 is 2.73 bits per heavy atom. The summed E-state index contributed by atoms with van der Waals surface area (Å²) in [6.45, 7) is 2.95. The molecule has 2 heterocycles. The van der Waals surface area contributed by atoms with Crippen molar-refractivity contribution in [1.29, 1.82) is 0 Å². The maximum Gasteiger partial charge on any atom is 0.0439 e. The highest BCUT2D eigenvalue weighted by molar-refractivity contribution is 5.52. The first kappa shape index (κ1) is 9.71. The summed E-state index contributed by atoms with van der Waals surface area (Å²) in [5.41, 5.74) is 2.44. The fraction of sp³-hybridized carbons (Fsp3) is 0.154. The molecule has 2 nitrogen and oxygen atoms in total. The van der Waals surface area contributed by atoms with Gasteiger partial charge in [-0.1, -0.05) is 18.2 Å². The van der Waals surface area contributed by atoms with Crippen LogP contribution in [0.4, 0.5) is 5.69 Å². The van der Waals surface area contributed by atoms with E-state index in [1.165, 1.54) is 11.3 Å². The molecular weight excluding hydrogens is 184 g/mol. The number of nitrogens with zero attached hydrogens (tertiary/aromatic N) is 2.